The highest BCUT2D eigenvalue weighted by atomic mass is 19.1. The van der Waals surface area contributed by atoms with E-state index in [-0.39, 0.29) is 17.3 Å². The molecule has 1 rings (SSSR count). The highest BCUT2D eigenvalue weighted by molar-refractivity contribution is 5.55. The van der Waals surface area contributed by atoms with Crippen molar-refractivity contribution in [2.75, 3.05) is 11.9 Å². The summed E-state index contributed by atoms with van der Waals surface area (Å²) >= 11 is 0. The monoisotopic (exact) mass is 238 g/mol. The zero-order valence-electron chi connectivity index (χ0n) is 11.4. The minimum atomic E-state index is -0.202. The quantitative estimate of drug-likeness (QED) is 0.876. The van der Waals surface area contributed by atoms with E-state index in [2.05, 4.69) is 27.7 Å². The molecule has 2 N–H and O–H groups in total. The van der Waals surface area contributed by atoms with Gasteiger partial charge in [-0.15, -0.1) is 0 Å². The zero-order chi connectivity index (χ0) is 13.2. The third kappa shape index (κ3) is 2.97. The Balaban J connectivity index is 3.16. The topological polar surface area (TPSA) is 29.3 Å². The fraction of sp³-hybridized carbons (Fsp3) is 0.571. The molecule has 0 heterocycles. The van der Waals surface area contributed by atoms with E-state index >= 15 is 0 Å². The Morgan fingerprint density at radius 1 is 1.35 bits per heavy atom. The molecule has 1 atom stereocenters. The molecular weight excluding hydrogens is 215 g/mol. The van der Waals surface area contributed by atoms with Gasteiger partial charge in [-0.3, -0.25) is 0 Å². The second-order valence-electron chi connectivity index (χ2n) is 5.60. The maximum Gasteiger partial charge on any atom is 0.146 e. The average Bonchev–Trinajstić information content (AvgIpc) is 2.25. The predicted molar refractivity (Wildman–Crippen MR) is 71.6 cm³/mol. The molecule has 0 spiro atoms. The lowest BCUT2D eigenvalue weighted by Crippen LogP contribution is -2.40. The standard InChI is InChI=1S/C14H23FN2/c1-10(14(2,3)4)17(5)13-11(9-16)7-6-8-12(13)15/h6-8,10H,9,16H2,1-5H3. The van der Waals surface area contributed by atoms with Crippen molar-refractivity contribution >= 4 is 5.69 Å². The van der Waals surface area contributed by atoms with Gasteiger partial charge in [-0.2, -0.15) is 0 Å². The number of hydrogen-bond donors (Lipinski definition) is 1. The molecule has 1 aromatic rings. The maximum atomic E-state index is 13.9. The minimum absolute atomic E-state index is 0.0862. The maximum absolute atomic E-state index is 13.9. The molecule has 0 saturated heterocycles. The van der Waals surface area contributed by atoms with Crippen molar-refractivity contribution < 1.29 is 4.39 Å². The first kappa shape index (κ1) is 14.0. The van der Waals surface area contributed by atoms with Crippen LogP contribution >= 0.6 is 0 Å². The van der Waals surface area contributed by atoms with E-state index in [9.17, 15) is 4.39 Å². The number of para-hydroxylation sites is 1. The van der Waals surface area contributed by atoms with Gasteiger partial charge in [0.05, 0.1) is 5.69 Å². The Kier molecular flexibility index (Phi) is 4.15. The molecule has 0 saturated carbocycles. The molecule has 0 fully saturated rings. The van der Waals surface area contributed by atoms with Crippen LogP contribution in [0.1, 0.15) is 33.3 Å². The molecule has 0 aliphatic heterocycles. The van der Waals surface area contributed by atoms with Gasteiger partial charge in [-0.25, -0.2) is 4.39 Å². The van der Waals surface area contributed by atoms with Crippen molar-refractivity contribution in [3.8, 4) is 0 Å². The van der Waals surface area contributed by atoms with E-state index in [0.717, 1.165) is 5.56 Å². The second-order valence-corrected chi connectivity index (χ2v) is 5.60. The van der Waals surface area contributed by atoms with E-state index in [1.807, 2.05) is 18.0 Å². The number of benzene rings is 1. The van der Waals surface area contributed by atoms with Crippen LogP contribution in [0.25, 0.3) is 0 Å². The van der Waals surface area contributed by atoms with E-state index < -0.39 is 0 Å². The van der Waals surface area contributed by atoms with Crippen LogP contribution in [0.2, 0.25) is 0 Å². The predicted octanol–water partition coefficient (Wildman–Crippen LogP) is 3.16. The Morgan fingerprint density at radius 3 is 2.41 bits per heavy atom. The lowest BCUT2D eigenvalue weighted by Gasteiger charge is -2.37. The van der Waals surface area contributed by atoms with Crippen LogP contribution in [0.4, 0.5) is 10.1 Å². The summed E-state index contributed by atoms with van der Waals surface area (Å²) in [6.07, 6.45) is 0. The molecule has 0 aromatic heterocycles. The van der Waals surface area contributed by atoms with Crippen molar-refractivity contribution in [3.05, 3.63) is 29.6 Å². The molecule has 2 nitrogen and oxygen atoms in total. The molecule has 0 bridgehead atoms. The van der Waals surface area contributed by atoms with Crippen molar-refractivity contribution in [1.82, 2.24) is 0 Å². The molecule has 17 heavy (non-hydrogen) atoms. The molecule has 1 unspecified atom stereocenters. The Bertz CT molecular complexity index is 382. The summed E-state index contributed by atoms with van der Waals surface area (Å²) in [5, 5.41) is 0. The molecule has 3 heteroatoms. The first-order chi connectivity index (χ1) is 7.79. The highest BCUT2D eigenvalue weighted by Gasteiger charge is 2.26. The van der Waals surface area contributed by atoms with Crippen molar-refractivity contribution in [2.24, 2.45) is 11.1 Å². The van der Waals surface area contributed by atoms with Gasteiger partial charge < -0.3 is 10.6 Å². The zero-order valence-corrected chi connectivity index (χ0v) is 11.4. The molecule has 0 aliphatic rings. The number of halogens is 1. The van der Waals surface area contributed by atoms with Crippen molar-refractivity contribution in [2.45, 2.75) is 40.3 Å². The van der Waals surface area contributed by atoms with Crippen LogP contribution in [0, 0.1) is 11.2 Å². The third-order valence-corrected chi connectivity index (χ3v) is 3.48. The van der Waals surface area contributed by atoms with Crippen LogP contribution in [0.5, 0.6) is 0 Å². The molecule has 0 radical (unpaired) electrons. The fourth-order valence-corrected chi connectivity index (χ4v) is 1.89. The van der Waals surface area contributed by atoms with Crippen LogP contribution in [-0.4, -0.2) is 13.1 Å². The highest BCUT2D eigenvalue weighted by Crippen LogP contribution is 2.31. The Morgan fingerprint density at radius 2 is 1.94 bits per heavy atom. The lowest BCUT2D eigenvalue weighted by molar-refractivity contribution is 0.328. The summed E-state index contributed by atoms with van der Waals surface area (Å²) in [5.74, 6) is -0.202. The lowest BCUT2D eigenvalue weighted by atomic mass is 9.86. The normalized spacial score (nSPS) is 13.6. The third-order valence-electron chi connectivity index (χ3n) is 3.48. The molecule has 1 aromatic carbocycles. The van der Waals surface area contributed by atoms with Gasteiger partial charge >= 0.3 is 0 Å². The fourth-order valence-electron chi connectivity index (χ4n) is 1.89. The van der Waals surface area contributed by atoms with Crippen molar-refractivity contribution in [1.29, 1.82) is 0 Å². The van der Waals surface area contributed by atoms with Gasteiger partial charge in [0.2, 0.25) is 0 Å². The van der Waals surface area contributed by atoms with E-state index in [1.165, 1.54) is 6.07 Å². The van der Waals surface area contributed by atoms with Crippen LogP contribution in [0.15, 0.2) is 18.2 Å². The van der Waals surface area contributed by atoms with Gasteiger partial charge in [0.25, 0.3) is 0 Å². The number of hydrogen-bond acceptors (Lipinski definition) is 2. The summed E-state index contributed by atoms with van der Waals surface area (Å²) < 4.78 is 13.9. The van der Waals surface area contributed by atoms with Gasteiger partial charge in [0, 0.05) is 19.6 Å². The van der Waals surface area contributed by atoms with E-state index in [4.69, 9.17) is 5.73 Å². The van der Waals surface area contributed by atoms with Gasteiger partial charge in [0.15, 0.2) is 0 Å². The number of anilines is 1. The molecule has 96 valence electrons. The SMILES string of the molecule is CC(N(C)c1c(F)cccc1CN)C(C)(C)C. The molecular formula is C14H23FN2. The number of nitrogens with zero attached hydrogens (tertiary/aromatic N) is 1. The smallest absolute Gasteiger partial charge is 0.146 e. The first-order valence-corrected chi connectivity index (χ1v) is 5.99. The number of rotatable bonds is 3. The Labute approximate surface area is 104 Å². The first-order valence-electron chi connectivity index (χ1n) is 5.99. The summed E-state index contributed by atoms with van der Waals surface area (Å²) in [5.41, 5.74) is 7.23. The van der Waals surface area contributed by atoms with Gasteiger partial charge in [-0.1, -0.05) is 32.9 Å². The van der Waals surface area contributed by atoms with Crippen LogP contribution < -0.4 is 10.6 Å². The summed E-state index contributed by atoms with van der Waals surface area (Å²) in [7, 11) is 1.92. The summed E-state index contributed by atoms with van der Waals surface area (Å²) in [6.45, 7) is 8.91. The van der Waals surface area contributed by atoms with Crippen LogP contribution in [-0.2, 0) is 6.54 Å². The van der Waals surface area contributed by atoms with Gasteiger partial charge in [0.1, 0.15) is 5.82 Å². The summed E-state index contributed by atoms with van der Waals surface area (Å²) in [6, 6.07) is 5.30. The Hall–Kier alpha value is -1.09. The second kappa shape index (κ2) is 5.05. The van der Waals surface area contributed by atoms with Gasteiger partial charge in [-0.05, 0) is 24.0 Å². The average molecular weight is 238 g/mol. The van der Waals surface area contributed by atoms with E-state index in [0.29, 0.717) is 12.2 Å². The van der Waals surface area contributed by atoms with Crippen LogP contribution in [0.3, 0.4) is 0 Å². The minimum Gasteiger partial charge on any atom is -0.369 e. The number of nitrogens with two attached hydrogens (primary N) is 1. The van der Waals surface area contributed by atoms with E-state index in [1.54, 1.807) is 6.07 Å². The molecule has 0 amide bonds. The summed E-state index contributed by atoms with van der Waals surface area (Å²) in [4.78, 5) is 1.98. The largest absolute Gasteiger partial charge is 0.369 e. The molecule has 0 aliphatic carbocycles. The van der Waals surface area contributed by atoms with Crippen molar-refractivity contribution in [3.63, 3.8) is 0 Å².